The number of likely N-dealkylation sites (N-methyl/N-ethyl adjacent to an activating group) is 1. The zero-order valence-corrected chi connectivity index (χ0v) is 11.8. The van der Waals surface area contributed by atoms with Crippen molar-refractivity contribution in [2.24, 2.45) is 5.73 Å². The number of nitrogens with zero attached hydrogens (tertiary/aromatic N) is 1. The van der Waals surface area contributed by atoms with Crippen LogP contribution in [0, 0.1) is 0 Å². The Balaban J connectivity index is 3.10. The van der Waals surface area contributed by atoms with Crippen molar-refractivity contribution in [1.29, 1.82) is 0 Å². The Morgan fingerprint density at radius 1 is 1.50 bits per heavy atom. The molecule has 1 unspecified atom stereocenters. The molecular weight excluding hydrogens is 300 g/mol. The van der Waals surface area contributed by atoms with Crippen molar-refractivity contribution in [2.75, 3.05) is 11.9 Å². The summed E-state index contributed by atoms with van der Waals surface area (Å²) in [6.07, 6.45) is 0.482. The van der Waals surface area contributed by atoms with E-state index in [1.165, 1.54) is 0 Å². The van der Waals surface area contributed by atoms with Crippen LogP contribution in [0.4, 0.5) is 5.69 Å². The smallest absolute Gasteiger partial charge is 0.326 e. The molecule has 0 radical (unpaired) electrons. The van der Waals surface area contributed by atoms with Crippen LogP contribution in [0.25, 0.3) is 0 Å². The summed E-state index contributed by atoms with van der Waals surface area (Å²) in [5.41, 5.74) is 6.26. The predicted octanol–water partition coefficient (Wildman–Crippen LogP) is 1.85. The summed E-state index contributed by atoms with van der Waals surface area (Å²) in [6.45, 7) is 1.81. The fourth-order valence-electron chi connectivity index (χ4n) is 1.73. The number of primary amides is 1. The highest BCUT2D eigenvalue weighted by atomic mass is 79.9. The highest BCUT2D eigenvalue weighted by molar-refractivity contribution is 9.10. The number of benzene rings is 1. The van der Waals surface area contributed by atoms with Crippen molar-refractivity contribution >= 4 is 33.5 Å². The molecule has 1 rings (SSSR count). The van der Waals surface area contributed by atoms with Crippen LogP contribution in [0.1, 0.15) is 23.7 Å². The fraction of sp³-hybridized carbons (Fsp3) is 0.333. The van der Waals surface area contributed by atoms with Crippen molar-refractivity contribution in [3.8, 4) is 0 Å². The average molecular weight is 315 g/mol. The average Bonchev–Trinajstić information content (AvgIpc) is 2.28. The van der Waals surface area contributed by atoms with Crippen LogP contribution in [0.2, 0.25) is 0 Å². The minimum Gasteiger partial charge on any atom is -0.480 e. The number of carbonyl (C=O) groups is 2. The van der Waals surface area contributed by atoms with Crippen LogP contribution in [0.3, 0.4) is 0 Å². The molecule has 0 fully saturated rings. The SMILES string of the molecule is CCC(C(=O)O)N(C)c1ccc(C(N)=O)cc1Br. The summed E-state index contributed by atoms with van der Waals surface area (Å²) in [5.74, 6) is -1.40. The Labute approximate surface area is 114 Å². The molecule has 0 bridgehead atoms. The van der Waals surface area contributed by atoms with Gasteiger partial charge in [0.15, 0.2) is 0 Å². The van der Waals surface area contributed by atoms with Gasteiger partial charge in [-0.1, -0.05) is 6.92 Å². The largest absolute Gasteiger partial charge is 0.480 e. The zero-order valence-electron chi connectivity index (χ0n) is 10.2. The lowest BCUT2D eigenvalue weighted by Gasteiger charge is -2.27. The molecule has 18 heavy (non-hydrogen) atoms. The van der Waals surface area contributed by atoms with Gasteiger partial charge < -0.3 is 15.7 Å². The van der Waals surface area contributed by atoms with E-state index in [-0.39, 0.29) is 0 Å². The number of carboxylic acids is 1. The number of anilines is 1. The molecule has 0 aliphatic heterocycles. The van der Waals surface area contributed by atoms with Crippen LogP contribution in [0.5, 0.6) is 0 Å². The van der Waals surface area contributed by atoms with Gasteiger partial charge in [-0.25, -0.2) is 4.79 Å². The maximum absolute atomic E-state index is 11.1. The van der Waals surface area contributed by atoms with Gasteiger partial charge in [0.2, 0.25) is 5.91 Å². The molecule has 0 aromatic heterocycles. The highest BCUT2D eigenvalue weighted by Gasteiger charge is 2.22. The van der Waals surface area contributed by atoms with E-state index >= 15 is 0 Å². The Morgan fingerprint density at radius 3 is 2.50 bits per heavy atom. The second-order valence-corrected chi connectivity index (χ2v) is 4.76. The minimum absolute atomic E-state index is 0.377. The topological polar surface area (TPSA) is 83.6 Å². The van der Waals surface area contributed by atoms with E-state index in [2.05, 4.69) is 15.9 Å². The number of hydrogen-bond acceptors (Lipinski definition) is 3. The van der Waals surface area contributed by atoms with Crippen molar-refractivity contribution in [3.05, 3.63) is 28.2 Å². The van der Waals surface area contributed by atoms with Gasteiger partial charge in [0.25, 0.3) is 0 Å². The third-order valence-electron chi connectivity index (χ3n) is 2.75. The van der Waals surface area contributed by atoms with Crippen molar-refractivity contribution < 1.29 is 14.7 Å². The van der Waals surface area contributed by atoms with Gasteiger partial charge in [-0.2, -0.15) is 0 Å². The molecule has 1 amide bonds. The van der Waals surface area contributed by atoms with Gasteiger partial charge in [0.05, 0.1) is 5.69 Å². The molecule has 0 heterocycles. The second kappa shape index (κ2) is 5.86. The number of halogens is 1. The number of rotatable bonds is 5. The van der Waals surface area contributed by atoms with Gasteiger partial charge in [-0.15, -0.1) is 0 Å². The third kappa shape index (κ3) is 3.01. The van der Waals surface area contributed by atoms with E-state index in [4.69, 9.17) is 10.8 Å². The summed E-state index contributed by atoms with van der Waals surface area (Å²) in [6, 6.07) is 4.23. The van der Waals surface area contributed by atoms with E-state index in [1.54, 1.807) is 37.1 Å². The lowest BCUT2D eigenvalue weighted by Crippen LogP contribution is -2.38. The Kier molecular flexibility index (Phi) is 4.72. The van der Waals surface area contributed by atoms with Crippen LogP contribution in [-0.4, -0.2) is 30.1 Å². The summed E-state index contributed by atoms with van der Waals surface area (Å²) in [7, 11) is 1.70. The summed E-state index contributed by atoms with van der Waals surface area (Å²) >= 11 is 3.32. The van der Waals surface area contributed by atoms with Crippen LogP contribution in [-0.2, 0) is 4.79 Å². The maximum Gasteiger partial charge on any atom is 0.326 e. The molecule has 5 nitrogen and oxygen atoms in total. The van der Waals surface area contributed by atoms with E-state index in [1.807, 2.05) is 0 Å². The number of carboxylic acid groups (broad SMARTS) is 1. The molecule has 0 saturated heterocycles. The van der Waals surface area contributed by atoms with Crippen molar-refractivity contribution in [1.82, 2.24) is 0 Å². The first-order chi connectivity index (χ1) is 8.38. The van der Waals surface area contributed by atoms with Crippen LogP contribution in [0.15, 0.2) is 22.7 Å². The minimum atomic E-state index is -0.883. The molecule has 6 heteroatoms. The molecule has 98 valence electrons. The summed E-state index contributed by atoms with van der Waals surface area (Å²) in [4.78, 5) is 23.8. The first kappa shape index (κ1) is 14.5. The Morgan fingerprint density at radius 2 is 2.11 bits per heavy atom. The highest BCUT2D eigenvalue weighted by Crippen LogP contribution is 2.28. The van der Waals surface area contributed by atoms with Crippen LogP contribution < -0.4 is 10.6 Å². The Hall–Kier alpha value is -1.56. The second-order valence-electron chi connectivity index (χ2n) is 3.90. The number of amides is 1. The Bertz CT molecular complexity index is 476. The maximum atomic E-state index is 11.1. The van der Waals surface area contributed by atoms with Crippen molar-refractivity contribution in [3.63, 3.8) is 0 Å². The fourth-order valence-corrected chi connectivity index (χ4v) is 2.39. The third-order valence-corrected chi connectivity index (χ3v) is 3.39. The molecule has 0 spiro atoms. The van der Waals surface area contributed by atoms with Crippen molar-refractivity contribution in [2.45, 2.75) is 19.4 Å². The molecule has 1 aromatic rings. The summed E-state index contributed by atoms with van der Waals surface area (Å²) < 4.78 is 0.640. The standard InChI is InChI=1S/C12H15BrN2O3/c1-3-9(12(17)18)15(2)10-5-4-7(11(14)16)6-8(10)13/h4-6,9H,3H2,1-2H3,(H2,14,16)(H,17,18). The van der Waals surface area contributed by atoms with E-state index in [9.17, 15) is 9.59 Å². The van der Waals surface area contributed by atoms with Gasteiger partial charge in [-0.3, -0.25) is 4.79 Å². The molecule has 1 aromatic carbocycles. The lowest BCUT2D eigenvalue weighted by molar-refractivity contribution is -0.138. The number of nitrogens with two attached hydrogens (primary N) is 1. The first-order valence-electron chi connectivity index (χ1n) is 5.43. The van der Waals surface area contributed by atoms with Gasteiger partial charge in [0, 0.05) is 17.1 Å². The van der Waals surface area contributed by atoms with E-state index in [0.29, 0.717) is 22.1 Å². The molecule has 0 aliphatic carbocycles. The number of hydrogen-bond donors (Lipinski definition) is 2. The van der Waals surface area contributed by atoms with Gasteiger partial charge >= 0.3 is 5.97 Å². The molecule has 0 saturated carbocycles. The monoisotopic (exact) mass is 314 g/mol. The quantitative estimate of drug-likeness (QED) is 0.868. The zero-order chi connectivity index (χ0) is 13.9. The van der Waals surface area contributed by atoms with E-state index < -0.39 is 17.9 Å². The summed E-state index contributed by atoms with van der Waals surface area (Å²) in [5, 5.41) is 9.11. The predicted molar refractivity (Wildman–Crippen MR) is 72.8 cm³/mol. The lowest BCUT2D eigenvalue weighted by atomic mass is 10.1. The first-order valence-corrected chi connectivity index (χ1v) is 6.22. The molecule has 3 N–H and O–H groups in total. The molecular formula is C12H15BrN2O3. The molecule has 1 atom stereocenters. The van der Waals surface area contributed by atoms with Gasteiger partial charge in [0.1, 0.15) is 6.04 Å². The number of aliphatic carboxylic acids is 1. The molecule has 0 aliphatic rings. The normalized spacial score (nSPS) is 11.9. The van der Waals surface area contributed by atoms with Gasteiger partial charge in [-0.05, 0) is 40.5 Å². The van der Waals surface area contributed by atoms with E-state index in [0.717, 1.165) is 0 Å². The number of carbonyl (C=O) groups excluding carboxylic acids is 1. The van der Waals surface area contributed by atoms with Crippen LogP contribution >= 0.6 is 15.9 Å².